The maximum atomic E-state index is 13.6. The maximum Gasteiger partial charge on any atom is 0.261 e. The van der Waals surface area contributed by atoms with E-state index in [1.165, 1.54) is 48.1 Å². The van der Waals surface area contributed by atoms with Crippen LogP contribution < -0.4 is 10.5 Å². The lowest BCUT2D eigenvalue weighted by Crippen LogP contribution is -2.51. The number of hydrogen-bond acceptors (Lipinski definition) is 4. The summed E-state index contributed by atoms with van der Waals surface area (Å²) < 4.78 is 6.59. The summed E-state index contributed by atoms with van der Waals surface area (Å²) in [6, 6.07) is 16.7. The van der Waals surface area contributed by atoms with E-state index >= 15 is 0 Å². The van der Waals surface area contributed by atoms with E-state index in [9.17, 15) is 4.79 Å². The number of carbonyl (C=O) groups excluding carboxylic acids is 1. The molecule has 31 heavy (non-hydrogen) atoms. The SMILES string of the molecule is CN1C(=O)[C@]2(C[C@@](C)(Cc3ccccc3)Oc3ccc(C4CCCCC4)cc32)N=C1N. The summed E-state index contributed by atoms with van der Waals surface area (Å²) in [6.45, 7) is 2.08. The second-order valence-electron chi connectivity index (χ2n) is 9.68. The average Bonchev–Trinajstić information content (AvgIpc) is 2.98. The third-order valence-corrected chi connectivity index (χ3v) is 7.24. The molecular weight excluding hydrogens is 386 g/mol. The molecule has 0 radical (unpaired) electrons. The van der Waals surface area contributed by atoms with Crippen LogP contribution >= 0.6 is 0 Å². The van der Waals surface area contributed by atoms with Gasteiger partial charge in [-0.05, 0) is 48.9 Å². The van der Waals surface area contributed by atoms with Gasteiger partial charge < -0.3 is 10.5 Å². The summed E-state index contributed by atoms with van der Waals surface area (Å²) in [5.74, 6) is 1.52. The lowest BCUT2D eigenvalue weighted by molar-refractivity contribution is -0.133. The molecule has 2 aromatic carbocycles. The van der Waals surface area contributed by atoms with Crippen LogP contribution in [-0.2, 0) is 16.8 Å². The van der Waals surface area contributed by atoms with E-state index in [1.807, 2.05) is 18.2 Å². The van der Waals surface area contributed by atoms with E-state index in [4.69, 9.17) is 15.5 Å². The number of likely N-dealkylation sites (N-methyl/N-ethyl adjacent to an activating group) is 1. The average molecular weight is 418 g/mol. The van der Waals surface area contributed by atoms with Crippen LogP contribution in [0.1, 0.15) is 68.1 Å². The largest absolute Gasteiger partial charge is 0.487 e. The Balaban J connectivity index is 1.59. The molecule has 1 aliphatic carbocycles. The van der Waals surface area contributed by atoms with Crippen LogP contribution in [0.25, 0.3) is 0 Å². The zero-order valence-corrected chi connectivity index (χ0v) is 18.4. The zero-order valence-electron chi connectivity index (χ0n) is 18.4. The van der Waals surface area contributed by atoms with Gasteiger partial charge in [-0.25, -0.2) is 4.99 Å². The Kier molecular flexibility index (Phi) is 4.80. The van der Waals surface area contributed by atoms with Crippen molar-refractivity contribution in [2.24, 2.45) is 10.7 Å². The van der Waals surface area contributed by atoms with Gasteiger partial charge in [-0.1, -0.05) is 55.7 Å². The van der Waals surface area contributed by atoms with Gasteiger partial charge in [-0.3, -0.25) is 9.69 Å². The fourth-order valence-electron chi connectivity index (χ4n) is 5.70. The van der Waals surface area contributed by atoms with Crippen molar-refractivity contribution in [2.75, 3.05) is 7.05 Å². The highest BCUT2D eigenvalue weighted by molar-refractivity contribution is 6.07. The summed E-state index contributed by atoms with van der Waals surface area (Å²) in [7, 11) is 1.71. The lowest BCUT2D eigenvalue weighted by Gasteiger charge is -2.43. The molecule has 0 unspecified atom stereocenters. The number of rotatable bonds is 3. The summed E-state index contributed by atoms with van der Waals surface area (Å²) in [5, 5.41) is 0. The zero-order chi connectivity index (χ0) is 21.6. The molecule has 1 saturated carbocycles. The number of nitrogens with two attached hydrogens (primary N) is 1. The van der Waals surface area contributed by atoms with Crippen LogP contribution in [-0.4, -0.2) is 29.4 Å². The van der Waals surface area contributed by atoms with Gasteiger partial charge in [0.25, 0.3) is 5.91 Å². The summed E-state index contributed by atoms with van der Waals surface area (Å²) >= 11 is 0. The number of carbonyl (C=O) groups is 1. The summed E-state index contributed by atoms with van der Waals surface area (Å²) in [5.41, 5.74) is 7.94. The van der Waals surface area contributed by atoms with Crippen LogP contribution in [0.15, 0.2) is 53.5 Å². The molecule has 0 bridgehead atoms. The summed E-state index contributed by atoms with van der Waals surface area (Å²) in [4.78, 5) is 19.8. The van der Waals surface area contributed by atoms with Crippen LogP contribution in [0, 0.1) is 0 Å². The third-order valence-electron chi connectivity index (χ3n) is 7.24. The molecule has 2 heterocycles. The minimum absolute atomic E-state index is 0.0605. The van der Waals surface area contributed by atoms with E-state index in [0.717, 1.165) is 11.3 Å². The number of ether oxygens (including phenoxy) is 1. The quantitative estimate of drug-likeness (QED) is 0.799. The van der Waals surface area contributed by atoms with Crippen LogP contribution in [0.5, 0.6) is 5.75 Å². The monoisotopic (exact) mass is 417 g/mol. The Bertz CT molecular complexity index is 1030. The second-order valence-corrected chi connectivity index (χ2v) is 9.68. The van der Waals surface area contributed by atoms with E-state index in [1.54, 1.807) is 7.05 Å². The fraction of sp³-hybridized carbons (Fsp3) is 0.462. The third kappa shape index (κ3) is 3.40. The first-order valence-corrected chi connectivity index (χ1v) is 11.4. The van der Waals surface area contributed by atoms with E-state index in [2.05, 4.69) is 37.3 Å². The Morgan fingerprint density at radius 2 is 1.87 bits per heavy atom. The van der Waals surface area contributed by atoms with Gasteiger partial charge in [0.05, 0.1) is 0 Å². The highest BCUT2D eigenvalue weighted by Gasteiger charge is 2.56. The van der Waals surface area contributed by atoms with Crippen molar-refractivity contribution in [3.05, 3.63) is 65.2 Å². The molecule has 1 spiro atoms. The summed E-state index contributed by atoms with van der Waals surface area (Å²) in [6.07, 6.45) is 7.44. The van der Waals surface area contributed by atoms with Crippen molar-refractivity contribution in [3.8, 4) is 5.75 Å². The molecule has 5 heteroatoms. The van der Waals surface area contributed by atoms with Crippen LogP contribution in [0.2, 0.25) is 0 Å². The highest BCUT2D eigenvalue weighted by Crippen LogP contribution is 2.51. The van der Waals surface area contributed by atoms with Gasteiger partial charge in [0.1, 0.15) is 11.4 Å². The number of guanidine groups is 1. The molecule has 0 aromatic heterocycles. The molecule has 5 rings (SSSR count). The predicted octanol–water partition coefficient (Wildman–Crippen LogP) is 4.50. The number of amides is 1. The van der Waals surface area contributed by atoms with Gasteiger partial charge in [0.15, 0.2) is 11.5 Å². The van der Waals surface area contributed by atoms with Crippen molar-refractivity contribution in [1.29, 1.82) is 0 Å². The first-order valence-electron chi connectivity index (χ1n) is 11.4. The molecule has 0 saturated heterocycles. The molecule has 2 atom stereocenters. The standard InChI is InChI=1S/C26H31N3O2/c1-25(16-18-9-5-3-6-10-18)17-26(23(30)29(2)24(27)28-26)21-15-20(13-14-22(21)31-25)19-11-7-4-8-12-19/h3,5-6,9-10,13-15,19H,4,7-8,11-12,16-17H2,1-2H3,(H2,27,28)/t25-,26-/m1/s1. The van der Waals surface area contributed by atoms with Gasteiger partial charge in [0, 0.05) is 25.5 Å². The number of hydrogen-bond donors (Lipinski definition) is 1. The molecule has 2 aromatic rings. The van der Waals surface area contributed by atoms with Gasteiger partial charge in [-0.2, -0.15) is 0 Å². The smallest absolute Gasteiger partial charge is 0.261 e. The van der Waals surface area contributed by atoms with E-state index in [0.29, 0.717) is 18.8 Å². The minimum Gasteiger partial charge on any atom is -0.487 e. The normalized spacial score (nSPS) is 28.4. The van der Waals surface area contributed by atoms with Crippen LogP contribution in [0.4, 0.5) is 0 Å². The van der Waals surface area contributed by atoms with Gasteiger partial charge >= 0.3 is 0 Å². The maximum absolute atomic E-state index is 13.6. The molecule has 162 valence electrons. The van der Waals surface area contributed by atoms with E-state index < -0.39 is 11.1 Å². The van der Waals surface area contributed by atoms with Crippen molar-refractivity contribution in [3.63, 3.8) is 0 Å². The Hall–Kier alpha value is -2.82. The van der Waals surface area contributed by atoms with Crippen LogP contribution in [0.3, 0.4) is 0 Å². The number of nitrogens with zero attached hydrogens (tertiary/aromatic N) is 2. The molecular formula is C26H31N3O2. The molecule has 2 aliphatic heterocycles. The number of benzene rings is 2. The lowest BCUT2D eigenvalue weighted by atomic mass is 9.73. The fourth-order valence-corrected chi connectivity index (χ4v) is 5.70. The molecule has 1 amide bonds. The Morgan fingerprint density at radius 3 is 2.55 bits per heavy atom. The van der Waals surface area contributed by atoms with E-state index in [-0.39, 0.29) is 11.9 Å². The number of fused-ring (bicyclic) bond motifs is 2. The minimum atomic E-state index is -1.01. The molecule has 3 aliphatic rings. The Labute approximate surface area is 184 Å². The van der Waals surface area contributed by atoms with Gasteiger partial charge in [0.2, 0.25) is 0 Å². The second kappa shape index (κ2) is 7.40. The molecule has 5 nitrogen and oxygen atoms in total. The first kappa shape index (κ1) is 20.1. The topological polar surface area (TPSA) is 67.9 Å². The van der Waals surface area contributed by atoms with Crippen molar-refractivity contribution in [2.45, 2.75) is 68.9 Å². The highest BCUT2D eigenvalue weighted by atomic mass is 16.5. The molecule has 2 N–H and O–H groups in total. The van der Waals surface area contributed by atoms with Crippen molar-refractivity contribution < 1.29 is 9.53 Å². The predicted molar refractivity (Wildman–Crippen MR) is 122 cm³/mol. The Morgan fingerprint density at radius 1 is 1.13 bits per heavy atom. The first-order chi connectivity index (χ1) is 14.9. The number of aliphatic imine (C=N–C) groups is 1. The van der Waals surface area contributed by atoms with Gasteiger partial charge in [-0.15, -0.1) is 0 Å². The van der Waals surface area contributed by atoms with Crippen molar-refractivity contribution in [1.82, 2.24) is 4.90 Å². The molecule has 1 fully saturated rings. The van der Waals surface area contributed by atoms with Crippen molar-refractivity contribution >= 4 is 11.9 Å².